The van der Waals surface area contributed by atoms with Crippen LogP contribution in [0.4, 0.5) is 0 Å². The quantitative estimate of drug-likeness (QED) is 0.214. The van der Waals surface area contributed by atoms with Crippen LogP contribution in [-0.4, -0.2) is 9.13 Å². The topological polar surface area (TPSA) is 9.86 Å². The predicted octanol–water partition coefficient (Wildman–Crippen LogP) is 10.7. The maximum Gasteiger partial charge on any atom is 0.0548 e. The van der Waals surface area contributed by atoms with Crippen LogP contribution in [0.2, 0.25) is 0 Å². The monoisotopic (exact) mass is 532 g/mol. The van der Waals surface area contributed by atoms with Crippen LogP contribution in [0, 0.1) is 0 Å². The summed E-state index contributed by atoms with van der Waals surface area (Å²) >= 11 is 0. The van der Waals surface area contributed by atoms with E-state index in [1.165, 1.54) is 88.0 Å². The third-order valence-corrected chi connectivity index (χ3v) is 9.23. The lowest BCUT2D eigenvalue weighted by atomic mass is 9.98. The van der Waals surface area contributed by atoms with E-state index in [1.54, 1.807) is 0 Å². The molecule has 2 aromatic heterocycles. The summed E-state index contributed by atoms with van der Waals surface area (Å²) in [6.07, 6.45) is 0. The fourth-order valence-corrected chi connectivity index (χ4v) is 7.53. The Bertz CT molecular complexity index is 2530. The molecule has 0 unspecified atom stereocenters. The summed E-state index contributed by atoms with van der Waals surface area (Å²) in [5.41, 5.74) is 12.5. The van der Waals surface area contributed by atoms with Crippen LogP contribution in [0.5, 0.6) is 0 Å². The first-order chi connectivity index (χ1) is 20.9. The zero-order valence-corrected chi connectivity index (χ0v) is 22.8. The van der Waals surface area contributed by atoms with Gasteiger partial charge in [0.2, 0.25) is 0 Å². The van der Waals surface area contributed by atoms with Crippen LogP contribution in [0.3, 0.4) is 0 Å². The maximum absolute atomic E-state index is 2.46. The molecule has 0 bridgehead atoms. The third-order valence-electron chi connectivity index (χ3n) is 9.23. The van der Waals surface area contributed by atoms with Crippen molar-refractivity contribution in [2.24, 2.45) is 0 Å². The molecule has 2 heterocycles. The number of nitrogens with zero attached hydrogens (tertiary/aromatic N) is 2. The van der Waals surface area contributed by atoms with Crippen LogP contribution in [0.1, 0.15) is 0 Å². The lowest BCUT2D eigenvalue weighted by molar-refractivity contribution is 1.18. The highest BCUT2D eigenvalue weighted by Gasteiger charge is 2.26. The van der Waals surface area contributed by atoms with Crippen molar-refractivity contribution in [1.82, 2.24) is 9.13 Å². The van der Waals surface area contributed by atoms with E-state index in [1.807, 2.05) is 0 Å². The molecule has 0 saturated heterocycles. The van der Waals surface area contributed by atoms with Gasteiger partial charge in [-0.05, 0) is 76.2 Å². The van der Waals surface area contributed by atoms with Crippen molar-refractivity contribution in [1.29, 1.82) is 0 Å². The Hall–Kier alpha value is -5.60. The molecule has 0 radical (unpaired) electrons. The highest BCUT2D eigenvalue weighted by atomic mass is 15.0. The minimum absolute atomic E-state index is 1.18. The Kier molecular flexibility index (Phi) is 4.21. The molecule has 194 valence electrons. The molecule has 0 amide bonds. The molecule has 10 rings (SSSR count). The fourth-order valence-electron chi connectivity index (χ4n) is 7.53. The zero-order valence-electron chi connectivity index (χ0n) is 22.8. The molecule has 2 heteroatoms. The summed E-state index contributed by atoms with van der Waals surface area (Å²) in [5.74, 6) is 0. The van der Waals surface area contributed by atoms with Crippen LogP contribution in [0.25, 0.3) is 88.0 Å². The summed E-state index contributed by atoms with van der Waals surface area (Å²) in [6, 6.07) is 53.3. The van der Waals surface area contributed by atoms with E-state index in [0.29, 0.717) is 0 Å². The molecule has 0 fully saturated rings. The summed E-state index contributed by atoms with van der Waals surface area (Å²) in [4.78, 5) is 0. The summed E-state index contributed by atoms with van der Waals surface area (Å²) in [6.45, 7) is 0. The molecule has 7 aromatic carbocycles. The van der Waals surface area contributed by atoms with Crippen LogP contribution in [-0.2, 0) is 0 Å². The molecule has 0 N–H and O–H groups in total. The van der Waals surface area contributed by atoms with Crippen LogP contribution >= 0.6 is 0 Å². The minimum atomic E-state index is 1.18. The molecule has 1 aliphatic carbocycles. The first kappa shape index (κ1) is 22.1. The van der Waals surface area contributed by atoms with Crippen molar-refractivity contribution in [3.63, 3.8) is 0 Å². The lowest BCUT2D eigenvalue weighted by Crippen LogP contribution is -1.94. The molecule has 42 heavy (non-hydrogen) atoms. The van der Waals surface area contributed by atoms with Crippen molar-refractivity contribution in [2.45, 2.75) is 0 Å². The largest absolute Gasteiger partial charge is 0.309 e. The Balaban J connectivity index is 1.37. The van der Waals surface area contributed by atoms with Gasteiger partial charge in [-0.3, -0.25) is 0 Å². The first-order valence-corrected chi connectivity index (χ1v) is 14.5. The number of benzene rings is 7. The zero-order chi connectivity index (χ0) is 27.4. The van der Waals surface area contributed by atoms with Gasteiger partial charge < -0.3 is 9.13 Å². The number of hydrogen-bond acceptors (Lipinski definition) is 0. The van der Waals surface area contributed by atoms with Gasteiger partial charge in [-0.2, -0.15) is 0 Å². The Morgan fingerprint density at radius 3 is 1.33 bits per heavy atom. The molecule has 0 saturated carbocycles. The highest BCUT2D eigenvalue weighted by Crippen LogP contribution is 2.51. The third kappa shape index (κ3) is 2.74. The van der Waals surface area contributed by atoms with Crippen LogP contribution in [0.15, 0.2) is 146 Å². The standard InChI is InChI=1S/C40H24N2/c1-3-9-25(10-4-1)26-17-21-29(22-18-26)42-33-16-8-14-31-30-13-7-15-32-37(30)39-34(41(32)28-11-5-2-6-12-28)23-19-27-20-24-35(42)40(36(27)39)38(31)33/h1-24H. The van der Waals surface area contributed by atoms with Crippen molar-refractivity contribution in [3.8, 4) is 33.6 Å². The highest BCUT2D eigenvalue weighted by molar-refractivity contribution is 6.38. The molecule has 0 spiro atoms. The molecule has 0 aliphatic heterocycles. The normalized spacial score (nSPS) is 12.3. The Morgan fingerprint density at radius 2 is 0.762 bits per heavy atom. The molecule has 2 nitrogen and oxygen atoms in total. The maximum atomic E-state index is 2.46. The van der Waals surface area contributed by atoms with Crippen molar-refractivity contribution < 1.29 is 0 Å². The van der Waals surface area contributed by atoms with E-state index in [2.05, 4.69) is 155 Å². The average molecular weight is 533 g/mol. The lowest BCUT2D eigenvalue weighted by Gasteiger charge is -2.11. The van der Waals surface area contributed by atoms with E-state index in [-0.39, 0.29) is 0 Å². The summed E-state index contributed by atoms with van der Waals surface area (Å²) in [5, 5.41) is 8.02. The number of fused-ring (bicyclic) bond motifs is 1. The van der Waals surface area contributed by atoms with Gasteiger partial charge >= 0.3 is 0 Å². The Morgan fingerprint density at radius 1 is 0.286 bits per heavy atom. The number of aromatic nitrogens is 2. The molecule has 1 aliphatic rings. The van der Waals surface area contributed by atoms with Gasteiger partial charge in [-0.1, -0.05) is 97.1 Å². The second-order valence-corrected chi connectivity index (χ2v) is 11.3. The van der Waals surface area contributed by atoms with Gasteiger partial charge in [0.05, 0.1) is 22.1 Å². The number of hydrogen-bond donors (Lipinski definition) is 0. The van der Waals surface area contributed by atoms with E-state index >= 15 is 0 Å². The van der Waals surface area contributed by atoms with Gasteiger partial charge in [0.15, 0.2) is 0 Å². The second-order valence-electron chi connectivity index (χ2n) is 11.3. The van der Waals surface area contributed by atoms with E-state index in [9.17, 15) is 0 Å². The van der Waals surface area contributed by atoms with Crippen LogP contribution < -0.4 is 0 Å². The van der Waals surface area contributed by atoms with Gasteiger partial charge in [0.1, 0.15) is 0 Å². The van der Waals surface area contributed by atoms with E-state index in [0.717, 1.165) is 0 Å². The van der Waals surface area contributed by atoms with Crippen molar-refractivity contribution in [2.75, 3.05) is 0 Å². The second kappa shape index (κ2) is 7.99. The van der Waals surface area contributed by atoms with Gasteiger partial charge in [0, 0.05) is 38.3 Å². The van der Waals surface area contributed by atoms with Crippen molar-refractivity contribution >= 4 is 54.4 Å². The van der Waals surface area contributed by atoms with E-state index in [4.69, 9.17) is 0 Å². The SMILES string of the molecule is c1ccc(-c2ccc(-n3c4cccc5c4c4c6c(ccc7c6c6c-5cccc6n7-c5ccccc5)ccc43)cc2)cc1. The van der Waals surface area contributed by atoms with Crippen molar-refractivity contribution in [3.05, 3.63) is 146 Å². The smallest absolute Gasteiger partial charge is 0.0548 e. The van der Waals surface area contributed by atoms with E-state index < -0.39 is 0 Å². The van der Waals surface area contributed by atoms with Gasteiger partial charge in [-0.25, -0.2) is 0 Å². The molecule has 0 atom stereocenters. The number of rotatable bonds is 3. The molecular weight excluding hydrogens is 508 g/mol. The summed E-state index contributed by atoms with van der Waals surface area (Å²) in [7, 11) is 0. The summed E-state index contributed by atoms with van der Waals surface area (Å²) < 4.78 is 4.90. The average Bonchev–Trinajstić information content (AvgIpc) is 3.54. The molecular formula is C40H24N2. The number of para-hydroxylation sites is 1. The van der Waals surface area contributed by atoms with Gasteiger partial charge in [-0.15, -0.1) is 0 Å². The molecule has 9 aromatic rings. The predicted molar refractivity (Wildman–Crippen MR) is 177 cm³/mol. The fraction of sp³-hybridized carbons (Fsp3) is 0. The Labute approximate surface area is 242 Å². The van der Waals surface area contributed by atoms with Gasteiger partial charge in [0.25, 0.3) is 0 Å². The minimum Gasteiger partial charge on any atom is -0.309 e. The first-order valence-electron chi connectivity index (χ1n) is 14.5.